The van der Waals surface area contributed by atoms with Crippen LogP contribution in [0.3, 0.4) is 0 Å². The molecule has 0 radical (unpaired) electrons. The van der Waals surface area contributed by atoms with Gasteiger partial charge in [-0.15, -0.1) is 5.10 Å². The van der Waals surface area contributed by atoms with Crippen LogP contribution < -0.4 is 10.1 Å². The van der Waals surface area contributed by atoms with E-state index < -0.39 is 0 Å². The summed E-state index contributed by atoms with van der Waals surface area (Å²) in [6, 6.07) is 14.7. The smallest absolute Gasteiger partial charge is 0.228 e. The molecule has 1 amide bonds. The number of amides is 1. The molecule has 116 valence electrons. The monoisotopic (exact) mass is 309 g/mol. The fraction of sp³-hybridized carbons (Fsp3) is 0.125. The molecule has 0 atom stereocenters. The van der Waals surface area contributed by atoms with E-state index in [1.165, 1.54) is 11.0 Å². The highest BCUT2D eigenvalue weighted by atomic mass is 16.5. The second-order valence-corrected chi connectivity index (χ2v) is 4.88. The first-order valence-electron chi connectivity index (χ1n) is 7.01. The number of nitrogens with zero attached hydrogens (tertiary/aromatic N) is 4. The normalized spacial score (nSPS) is 10.3. The van der Waals surface area contributed by atoms with Crippen LogP contribution in [0.1, 0.15) is 5.56 Å². The van der Waals surface area contributed by atoms with Gasteiger partial charge < -0.3 is 10.1 Å². The molecule has 0 saturated carbocycles. The number of rotatable bonds is 5. The molecule has 0 unspecified atom stereocenters. The van der Waals surface area contributed by atoms with E-state index in [0.29, 0.717) is 12.1 Å². The van der Waals surface area contributed by atoms with Gasteiger partial charge in [0.1, 0.15) is 12.1 Å². The number of carbonyl (C=O) groups is 1. The van der Waals surface area contributed by atoms with Gasteiger partial charge in [-0.1, -0.05) is 18.2 Å². The summed E-state index contributed by atoms with van der Waals surface area (Å²) >= 11 is 0. The highest BCUT2D eigenvalue weighted by Gasteiger charge is 2.06. The Hall–Kier alpha value is -3.22. The summed E-state index contributed by atoms with van der Waals surface area (Å²) in [5.74, 6) is 0.673. The molecule has 1 aromatic heterocycles. The van der Waals surface area contributed by atoms with Gasteiger partial charge in [-0.3, -0.25) is 4.79 Å². The van der Waals surface area contributed by atoms with Crippen molar-refractivity contribution in [3.63, 3.8) is 0 Å². The van der Waals surface area contributed by atoms with Crippen LogP contribution in [-0.2, 0) is 11.2 Å². The van der Waals surface area contributed by atoms with Crippen LogP contribution in [0.15, 0.2) is 54.9 Å². The van der Waals surface area contributed by atoms with Crippen molar-refractivity contribution in [3.05, 3.63) is 60.4 Å². The number of hydrogen-bond donors (Lipinski definition) is 1. The number of nitrogens with one attached hydrogen (secondary N) is 1. The minimum absolute atomic E-state index is 0.0935. The molecule has 23 heavy (non-hydrogen) atoms. The molecule has 1 heterocycles. The van der Waals surface area contributed by atoms with E-state index in [0.717, 1.165) is 17.0 Å². The largest absolute Gasteiger partial charge is 0.497 e. The third-order valence-corrected chi connectivity index (χ3v) is 3.27. The Balaban J connectivity index is 1.66. The van der Waals surface area contributed by atoms with Crippen molar-refractivity contribution < 1.29 is 9.53 Å². The number of anilines is 1. The maximum atomic E-state index is 12.1. The molecule has 0 spiro atoms. The van der Waals surface area contributed by atoms with Crippen molar-refractivity contribution in [2.24, 2.45) is 0 Å². The zero-order chi connectivity index (χ0) is 16.1. The number of methoxy groups -OCH3 is 1. The number of benzene rings is 2. The molecule has 0 aliphatic heterocycles. The Labute approximate surface area is 132 Å². The van der Waals surface area contributed by atoms with Crippen molar-refractivity contribution >= 4 is 11.6 Å². The minimum atomic E-state index is -0.0935. The Bertz CT molecular complexity index is 784. The fourth-order valence-corrected chi connectivity index (χ4v) is 2.14. The van der Waals surface area contributed by atoms with Crippen molar-refractivity contribution in [2.75, 3.05) is 12.4 Å². The molecule has 0 aliphatic carbocycles. The van der Waals surface area contributed by atoms with Crippen LogP contribution in [-0.4, -0.2) is 33.2 Å². The van der Waals surface area contributed by atoms with Crippen LogP contribution in [0, 0.1) is 0 Å². The average Bonchev–Trinajstić information content (AvgIpc) is 3.10. The molecule has 3 rings (SSSR count). The molecule has 2 aromatic carbocycles. The van der Waals surface area contributed by atoms with Crippen molar-refractivity contribution in [3.8, 4) is 11.4 Å². The van der Waals surface area contributed by atoms with E-state index in [1.807, 2.05) is 48.5 Å². The lowest BCUT2D eigenvalue weighted by Crippen LogP contribution is -2.14. The summed E-state index contributed by atoms with van der Waals surface area (Å²) < 4.78 is 6.63. The van der Waals surface area contributed by atoms with Crippen LogP contribution in [0.4, 0.5) is 5.69 Å². The summed E-state index contributed by atoms with van der Waals surface area (Å²) in [7, 11) is 1.61. The zero-order valence-electron chi connectivity index (χ0n) is 12.5. The predicted octanol–water partition coefficient (Wildman–Crippen LogP) is 1.85. The number of hydrogen-bond acceptors (Lipinski definition) is 5. The van der Waals surface area contributed by atoms with E-state index in [-0.39, 0.29) is 5.91 Å². The second-order valence-electron chi connectivity index (χ2n) is 4.88. The number of ether oxygens (including phenoxy) is 1. The lowest BCUT2D eigenvalue weighted by atomic mass is 10.1. The van der Waals surface area contributed by atoms with E-state index in [4.69, 9.17) is 4.74 Å². The maximum absolute atomic E-state index is 12.1. The summed E-state index contributed by atoms with van der Waals surface area (Å²) in [6.45, 7) is 0. The lowest BCUT2D eigenvalue weighted by molar-refractivity contribution is -0.115. The highest BCUT2D eigenvalue weighted by Crippen LogP contribution is 2.15. The van der Waals surface area contributed by atoms with Gasteiger partial charge in [-0.25, -0.2) is 4.68 Å². The third-order valence-electron chi connectivity index (χ3n) is 3.27. The van der Waals surface area contributed by atoms with Crippen LogP contribution >= 0.6 is 0 Å². The molecular weight excluding hydrogens is 294 g/mol. The topological polar surface area (TPSA) is 81.9 Å². The molecular formula is C16H15N5O2. The van der Waals surface area contributed by atoms with Gasteiger partial charge in [0.2, 0.25) is 5.91 Å². The Morgan fingerprint density at radius 3 is 2.74 bits per heavy atom. The van der Waals surface area contributed by atoms with E-state index in [2.05, 4.69) is 20.8 Å². The van der Waals surface area contributed by atoms with Gasteiger partial charge in [0.15, 0.2) is 0 Å². The quantitative estimate of drug-likeness (QED) is 0.778. The fourth-order valence-electron chi connectivity index (χ4n) is 2.14. The van der Waals surface area contributed by atoms with Crippen molar-refractivity contribution in [1.29, 1.82) is 0 Å². The summed E-state index contributed by atoms with van der Waals surface area (Å²) in [4.78, 5) is 12.1. The SMILES string of the molecule is COc1ccc(CC(=O)Nc2cccc(-n3cnnn3)c2)cc1. The second kappa shape index (κ2) is 6.69. The first-order valence-corrected chi connectivity index (χ1v) is 7.01. The lowest BCUT2D eigenvalue weighted by Gasteiger charge is -2.07. The molecule has 3 aromatic rings. The summed E-state index contributed by atoms with van der Waals surface area (Å²) in [6.07, 6.45) is 1.79. The molecule has 1 N–H and O–H groups in total. The van der Waals surface area contributed by atoms with Crippen molar-refractivity contribution in [2.45, 2.75) is 6.42 Å². The van der Waals surface area contributed by atoms with Gasteiger partial charge >= 0.3 is 0 Å². The summed E-state index contributed by atoms with van der Waals surface area (Å²) in [5.41, 5.74) is 2.38. The van der Waals surface area contributed by atoms with Gasteiger partial charge in [-0.2, -0.15) is 0 Å². The number of tetrazole rings is 1. The van der Waals surface area contributed by atoms with Gasteiger partial charge in [0.05, 0.1) is 19.2 Å². The number of aromatic nitrogens is 4. The number of carbonyl (C=O) groups excluding carboxylic acids is 1. The van der Waals surface area contributed by atoms with Gasteiger partial charge in [0.25, 0.3) is 0 Å². The molecule has 7 nitrogen and oxygen atoms in total. The maximum Gasteiger partial charge on any atom is 0.228 e. The first-order chi connectivity index (χ1) is 11.2. The van der Waals surface area contributed by atoms with Crippen LogP contribution in [0.2, 0.25) is 0 Å². The zero-order valence-corrected chi connectivity index (χ0v) is 12.5. The molecule has 0 fully saturated rings. The van der Waals surface area contributed by atoms with Gasteiger partial charge in [-0.05, 0) is 46.3 Å². The molecule has 7 heteroatoms. The molecule has 0 saturated heterocycles. The molecule has 0 bridgehead atoms. The molecule has 0 aliphatic rings. The van der Waals surface area contributed by atoms with E-state index >= 15 is 0 Å². The Morgan fingerprint density at radius 2 is 2.04 bits per heavy atom. The van der Waals surface area contributed by atoms with Crippen molar-refractivity contribution in [1.82, 2.24) is 20.2 Å². The minimum Gasteiger partial charge on any atom is -0.497 e. The van der Waals surface area contributed by atoms with Gasteiger partial charge in [0, 0.05) is 5.69 Å². The standard InChI is InChI=1S/C16H15N5O2/c1-23-15-7-5-12(6-8-15)9-16(22)18-13-3-2-4-14(10-13)21-11-17-19-20-21/h2-8,10-11H,9H2,1H3,(H,18,22). The average molecular weight is 309 g/mol. The first kappa shape index (κ1) is 14.7. The Morgan fingerprint density at radius 1 is 1.22 bits per heavy atom. The Kier molecular flexibility index (Phi) is 4.28. The van der Waals surface area contributed by atoms with E-state index in [1.54, 1.807) is 7.11 Å². The summed E-state index contributed by atoms with van der Waals surface area (Å²) in [5, 5.41) is 13.9. The third kappa shape index (κ3) is 3.70. The van der Waals surface area contributed by atoms with E-state index in [9.17, 15) is 4.79 Å². The highest BCUT2D eigenvalue weighted by molar-refractivity contribution is 5.92. The van der Waals surface area contributed by atoms with Crippen LogP contribution in [0.25, 0.3) is 5.69 Å². The van der Waals surface area contributed by atoms with Crippen LogP contribution in [0.5, 0.6) is 5.75 Å². The predicted molar refractivity (Wildman–Crippen MR) is 84.5 cm³/mol.